The molecular formula is C19H28N2O2. The molecule has 3 rings (SSSR count). The molecule has 1 fully saturated rings. The van der Waals surface area contributed by atoms with Crippen LogP contribution in [-0.4, -0.2) is 18.1 Å². The van der Waals surface area contributed by atoms with Gasteiger partial charge in [-0.2, -0.15) is 0 Å². The van der Waals surface area contributed by atoms with E-state index in [4.69, 9.17) is 10.5 Å². The largest absolute Gasteiger partial charge is 0.476 e. The zero-order valence-corrected chi connectivity index (χ0v) is 14.5. The molecule has 2 N–H and O–H groups in total. The van der Waals surface area contributed by atoms with Gasteiger partial charge in [0.05, 0.1) is 5.69 Å². The molecule has 1 aromatic carbocycles. The fourth-order valence-electron chi connectivity index (χ4n) is 3.87. The minimum absolute atomic E-state index is 0.0101. The van der Waals surface area contributed by atoms with E-state index in [1.165, 1.54) is 32.1 Å². The quantitative estimate of drug-likeness (QED) is 0.923. The highest BCUT2D eigenvalue weighted by atomic mass is 16.5. The van der Waals surface area contributed by atoms with Crippen LogP contribution >= 0.6 is 0 Å². The minimum Gasteiger partial charge on any atom is -0.476 e. The first kappa shape index (κ1) is 16.3. The Morgan fingerprint density at radius 2 is 2.00 bits per heavy atom. The Morgan fingerprint density at radius 3 is 2.65 bits per heavy atom. The van der Waals surface area contributed by atoms with Crippen LogP contribution in [0.1, 0.15) is 64.5 Å². The molecule has 126 valence electrons. The van der Waals surface area contributed by atoms with Crippen LogP contribution in [0.25, 0.3) is 0 Å². The topological polar surface area (TPSA) is 55.6 Å². The van der Waals surface area contributed by atoms with Crippen molar-refractivity contribution in [2.75, 3.05) is 11.4 Å². The first-order chi connectivity index (χ1) is 10.9. The molecule has 1 heterocycles. The van der Waals surface area contributed by atoms with Crippen molar-refractivity contribution in [3.63, 3.8) is 0 Å². The molecular weight excluding hydrogens is 288 g/mol. The van der Waals surface area contributed by atoms with Crippen LogP contribution in [0.5, 0.6) is 5.75 Å². The van der Waals surface area contributed by atoms with Gasteiger partial charge >= 0.3 is 0 Å². The van der Waals surface area contributed by atoms with Crippen molar-refractivity contribution in [3.8, 4) is 5.75 Å². The number of anilines is 1. The third kappa shape index (κ3) is 2.97. The first-order valence-electron chi connectivity index (χ1n) is 8.84. The van der Waals surface area contributed by atoms with E-state index in [2.05, 4.69) is 12.1 Å². The number of nitrogens with zero attached hydrogens (tertiary/aromatic N) is 1. The van der Waals surface area contributed by atoms with Gasteiger partial charge in [-0.25, -0.2) is 0 Å². The van der Waals surface area contributed by atoms with Gasteiger partial charge in [-0.15, -0.1) is 0 Å². The number of fused-ring (bicyclic) bond motifs is 1. The smallest absolute Gasteiger partial charge is 0.270 e. The lowest BCUT2D eigenvalue weighted by Gasteiger charge is -2.39. The zero-order chi connectivity index (χ0) is 16.6. The summed E-state index contributed by atoms with van der Waals surface area (Å²) in [5, 5.41) is 0. The maximum Gasteiger partial charge on any atom is 0.270 e. The summed E-state index contributed by atoms with van der Waals surface area (Å²) < 4.78 is 5.91. The maximum atomic E-state index is 12.6. The van der Waals surface area contributed by atoms with E-state index in [9.17, 15) is 4.79 Å². The van der Waals surface area contributed by atoms with Crippen molar-refractivity contribution < 1.29 is 9.53 Å². The number of ether oxygens (including phenoxy) is 1. The van der Waals surface area contributed by atoms with Gasteiger partial charge in [0.25, 0.3) is 5.91 Å². The van der Waals surface area contributed by atoms with Gasteiger partial charge in [-0.3, -0.25) is 4.79 Å². The normalized spacial score (nSPS) is 22.4. The van der Waals surface area contributed by atoms with E-state index in [-0.39, 0.29) is 11.9 Å². The number of carbonyl (C=O) groups excluding carboxylic acids is 1. The Morgan fingerprint density at radius 1 is 1.30 bits per heavy atom. The summed E-state index contributed by atoms with van der Waals surface area (Å²) in [4.78, 5) is 14.4. The molecule has 1 amide bonds. The summed E-state index contributed by atoms with van der Waals surface area (Å²) in [5.74, 6) is 1.33. The van der Waals surface area contributed by atoms with Crippen LogP contribution in [-0.2, 0) is 4.79 Å². The summed E-state index contributed by atoms with van der Waals surface area (Å²) in [7, 11) is 0. The Bertz CT molecular complexity index is 591. The Kier molecular flexibility index (Phi) is 4.37. The standard InChI is InChI=1S/C19H28N2O2/c1-4-21-15-12-14(17(20)13-8-6-5-7-9-13)10-11-16(15)23-19(2,3)18(21)22/h10-13,17H,4-9,20H2,1-3H3. The lowest BCUT2D eigenvalue weighted by atomic mass is 9.81. The van der Waals surface area contributed by atoms with Gasteiger partial charge in [-0.1, -0.05) is 25.3 Å². The van der Waals surface area contributed by atoms with Gasteiger partial charge in [0.2, 0.25) is 0 Å². The predicted molar refractivity (Wildman–Crippen MR) is 92.7 cm³/mol. The highest BCUT2D eigenvalue weighted by Crippen LogP contribution is 2.41. The van der Waals surface area contributed by atoms with Gasteiger partial charge < -0.3 is 15.4 Å². The van der Waals surface area contributed by atoms with E-state index >= 15 is 0 Å². The van der Waals surface area contributed by atoms with Gasteiger partial charge in [0, 0.05) is 12.6 Å². The average Bonchev–Trinajstić information content (AvgIpc) is 2.56. The molecule has 0 saturated heterocycles. The molecule has 1 aromatic rings. The monoisotopic (exact) mass is 316 g/mol. The van der Waals surface area contributed by atoms with Crippen molar-refractivity contribution in [1.29, 1.82) is 0 Å². The number of carbonyl (C=O) groups is 1. The fourth-order valence-corrected chi connectivity index (χ4v) is 3.87. The molecule has 4 heteroatoms. The predicted octanol–water partition coefficient (Wildman–Crippen LogP) is 3.79. The molecule has 1 aliphatic carbocycles. The highest BCUT2D eigenvalue weighted by molar-refractivity contribution is 6.02. The van der Waals surface area contributed by atoms with E-state index in [0.29, 0.717) is 12.5 Å². The molecule has 1 aliphatic heterocycles. The molecule has 1 unspecified atom stereocenters. The second-order valence-corrected chi connectivity index (χ2v) is 7.31. The van der Waals surface area contributed by atoms with E-state index in [0.717, 1.165) is 17.0 Å². The van der Waals surface area contributed by atoms with Crippen molar-refractivity contribution in [3.05, 3.63) is 23.8 Å². The average molecular weight is 316 g/mol. The summed E-state index contributed by atoms with van der Waals surface area (Å²) in [5.41, 5.74) is 7.70. The van der Waals surface area contributed by atoms with Gasteiger partial charge in [0.1, 0.15) is 5.75 Å². The number of likely N-dealkylation sites (N-methyl/N-ethyl adjacent to an activating group) is 1. The lowest BCUT2D eigenvalue weighted by Crippen LogP contribution is -2.52. The number of amides is 1. The van der Waals surface area contributed by atoms with Crippen LogP contribution in [0.3, 0.4) is 0 Å². The number of hydrogen-bond acceptors (Lipinski definition) is 3. The minimum atomic E-state index is -0.810. The Balaban J connectivity index is 1.92. The lowest BCUT2D eigenvalue weighted by molar-refractivity contribution is -0.132. The number of nitrogens with two attached hydrogens (primary N) is 1. The van der Waals surface area contributed by atoms with Gasteiger partial charge in [0.15, 0.2) is 5.60 Å². The molecule has 0 radical (unpaired) electrons. The number of benzene rings is 1. The molecule has 0 bridgehead atoms. The van der Waals surface area contributed by atoms with Crippen LogP contribution in [0.4, 0.5) is 5.69 Å². The Hall–Kier alpha value is -1.55. The van der Waals surface area contributed by atoms with Crippen LogP contribution in [0.15, 0.2) is 18.2 Å². The summed E-state index contributed by atoms with van der Waals surface area (Å²) in [6.45, 7) is 6.28. The Labute approximate surface area is 139 Å². The number of rotatable bonds is 3. The molecule has 0 spiro atoms. The molecule has 0 aromatic heterocycles. The first-order valence-corrected chi connectivity index (χ1v) is 8.84. The molecule has 4 nitrogen and oxygen atoms in total. The third-order valence-electron chi connectivity index (χ3n) is 5.26. The van der Waals surface area contributed by atoms with Crippen molar-refractivity contribution in [2.24, 2.45) is 11.7 Å². The molecule has 1 atom stereocenters. The van der Waals surface area contributed by atoms with Gasteiger partial charge in [-0.05, 0) is 57.2 Å². The zero-order valence-electron chi connectivity index (χ0n) is 14.5. The molecule has 1 saturated carbocycles. The molecule has 2 aliphatic rings. The highest BCUT2D eigenvalue weighted by Gasteiger charge is 2.40. The van der Waals surface area contributed by atoms with E-state index in [1.54, 1.807) is 0 Å². The van der Waals surface area contributed by atoms with Crippen molar-refractivity contribution in [1.82, 2.24) is 0 Å². The summed E-state index contributed by atoms with van der Waals surface area (Å²) >= 11 is 0. The van der Waals surface area contributed by atoms with Crippen LogP contribution in [0.2, 0.25) is 0 Å². The van der Waals surface area contributed by atoms with E-state index in [1.807, 2.05) is 31.7 Å². The SMILES string of the molecule is CCN1C(=O)C(C)(C)Oc2ccc(C(N)C3CCCCC3)cc21. The van der Waals surface area contributed by atoms with Crippen LogP contribution < -0.4 is 15.4 Å². The van der Waals surface area contributed by atoms with E-state index < -0.39 is 5.60 Å². The second-order valence-electron chi connectivity index (χ2n) is 7.31. The van der Waals surface area contributed by atoms with Crippen molar-refractivity contribution in [2.45, 2.75) is 64.5 Å². The fraction of sp³-hybridized carbons (Fsp3) is 0.632. The second kappa shape index (κ2) is 6.16. The summed E-state index contributed by atoms with van der Waals surface area (Å²) in [6, 6.07) is 6.15. The maximum absolute atomic E-state index is 12.6. The van der Waals surface area contributed by atoms with Crippen LogP contribution in [0, 0.1) is 5.92 Å². The van der Waals surface area contributed by atoms with Crippen molar-refractivity contribution >= 4 is 11.6 Å². The number of hydrogen-bond donors (Lipinski definition) is 1. The molecule has 23 heavy (non-hydrogen) atoms. The third-order valence-corrected chi connectivity index (χ3v) is 5.26. The summed E-state index contributed by atoms with van der Waals surface area (Å²) in [6.07, 6.45) is 6.30.